The van der Waals surface area contributed by atoms with E-state index in [9.17, 15) is 5.26 Å². The van der Waals surface area contributed by atoms with Gasteiger partial charge in [-0.3, -0.25) is 0 Å². The molecule has 0 spiro atoms. The zero-order valence-corrected chi connectivity index (χ0v) is 11.1. The maximum absolute atomic E-state index is 9.38. The van der Waals surface area contributed by atoms with Gasteiger partial charge in [-0.2, -0.15) is 10.5 Å². The smallest absolute Gasteiger partial charge is 0.102 e. The van der Waals surface area contributed by atoms with E-state index in [-0.39, 0.29) is 0 Å². The topological polar surface area (TPSA) is 63.4 Å². The van der Waals surface area contributed by atoms with E-state index in [4.69, 9.17) is 5.26 Å². The van der Waals surface area contributed by atoms with E-state index in [0.29, 0.717) is 5.56 Å². The van der Waals surface area contributed by atoms with Crippen LogP contribution < -0.4 is 0 Å². The summed E-state index contributed by atoms with van der Waals surface area (Å²) in [6, 6.07) is 11.8. The first-order valence-electron chi connectivity index (χ1n) is 6.39. The number of aromatic nitrogens is 1. The highest BCUT2D eigenvalue weighted by Gasteiger charge is 2.16. The van der Waals surface area contributed by atoms with E-state index in [1.54, 1.807) is 12.1 Å². The fourth-order valence-corrected chi connectivity index (χ4v) is 2.29. The molecule has 1 aromatic carbocycles. The zero-order chi connectivity index (χ0) is 13.8. The fraction of sp³-hybridized carbons (Fsp3) is 0.250. The van der Waals surface area contributed by atoms with Crippen molar-refractivity contribution in [2.45, 2.75) is 26.7 Å². The average Bonchev–Trinajstić information content (AvgIpc) is 2.84. The van der Waals surface area contributed by atoms with E-state index in [2.05, 4.69) is 24.0 Å². The van der Waals surface area contributed by atoms with Crippen LogP contribution in [0.4, 0.5) is 0 Å². The summed E-state index contributed by atoms with van der Waals surface area (Å²) in [6.07, 6.45) is 1.66. The molecule has 0 bridgehead atoms. The number of nitrogens with one attached hydrogen (secondary N) is 1. The lowest BCUT2D eigenvalue weighted by molar-refractivity contribution is 0.993. The summed E-state index contributed by atoms with van der Waals surface area (Å²) in [5, 5.41) is 18.2. The van der Waals surface area contributed by atoms with Crippen LogP contribution in [0.2, 0.25) is 0 Å². The van der Waals surface area contributed by atoms with E-state index < -0.39 is 0 Å². The Kier molecular flexibility index (Phi) is 3.68. The minimum atomic E-state index is 0.631. The lowest BCUT2D eigenvalue weighted by Gasteiger charge is -2.03. The summed E-state index contributed by atoms with van der Waals surface area (Å²) in [5.74, 6) is 0. The van der Waals surface area contributed by atoms with Gasteiger partial charge in [0.15, 0.2) is 0 Å². The average molecular weight is 249 g/mol. The SMILES string of the molecule is CCc1[nH]c(CC)c(-c2ccc(C#N)cc2)c1C#N. The minimum Gasteiger partial charge on any atom is -0.361 e. The number of aryl methyl sites for hydroxylation is 2. The monoisotopic (exact) mass is 249 g/mol. The number of rotatable bonds is 3. The Labute approximate surface area is 113 Å². The van der Waals surface area contributed by atoms with E-state index >= 15 is 0 Å². The van der Waals surface area contributed by atoms with Gasteiger partial charge in [0.1, 0.15) is 6.07 Å². The molecule has 0 fully saturated rings. The lowest BCUT2D eigenvalue weighted by Crippen LogP contribution is -1.87. The minimum absolute atomic E-state index is 0.631. The second-order valence-electron chi connectivity index (χ2n) is 4.34. The van der Waals surface area contributed by atoms with Gasteiger partial charge in [-0.15, -0.1) is 0 Å². The molecular weight excluding hydrogens is 234 g/mol. The number of benzene rings is 1. The van der Waals surface area contributed by atoms with Crippen molar-refractivity contribution in [2.75, 3.05) is 0 Å². The van der Waals surface area contributed by atoms with Crippen LogP contribution in [0.5, 0.6) is 0 Å². The molecule has 2 rings (SSSR count). The van der Waals surface area contributed by atoms with Crippen molar-refractivity contribution in [1.29, 1.82) is 10.5 Å². The molecule has 0 aliphatic heterocycles. The first-order chi connectivity index (χ1) is 9.24. The molecule has 0 radical (unpaired) electrons. The highest BCUT2D eigenvalue weighted by molar-refractivity contribution is 5.75. The van der Waals surface area contributed by atoms with Crippen LogP contribution in [0.15, 0.2) is 24.3 Å². The van der Waals surface area contributed by atoms with Crippen molar-refractivity contribution >= 4 is 0 Å². The number of hydrogen-bond donors (Lipinski definition) is 1. The Morgan fingerprint density at radius 2 is 1.58 bits per heavy atom. The zero-order valence-electron chi connectivity index (χ0n) is 11.1. The number of nitrogens with zero attached hydrogens (tertiary/aromatic N) is 2. The molecule has 0 atom stereocenters. The number of hydrogen-bond acceptors (Lipinski definition) is 2. The number of aromatic amines is 1. The maximum Gasteiger partial charge on any atom is 0.102 e. The molecule has 3 heteroatoms. The molecule has 0 amide bonds. The van der Waals surface area contributed by atoms with E-state index in [1.807, 2.05) is 19.1 Å². The van der Waals surface area contributed by atoms with Gasteiger partial charge in [0.2, 0.25) is 0 Å². The molecule has 1 aromatic heterocycles. The molecule has 1 N–H and O–H groups in total. The Balaban J connectivity index is 2.63. The Bertz CT molecular complexity index is 664. The molecule has 94 valence electrons. The standard InChI is InChI=1S/C16H15N3/c1-3-14-13(10-18)16(15(4-2)19-14)12-7-5-11(9-17)6-8-12/h5-8,19H,3-4H2,1-2H3. The number of H-pyrrole nitrogens is 1. The highest BCUT2D eigenvalue weighted by atomic mass is 14.7. The third kappa shape index (κ3) is 2.23. The van der Waals surface area contributed by atoms with Crippen molar-refractivity contribution in [2.24, 2.45) is 0 Å². The Morgan fingerprint density at radius 1 is 0.947 bits per heavy atom. The quantitative estimate of drug-likeness (QED) is 0.904. The van der Waals surface area contributed by atoms with Crippen LogP contribution in [0.1, 0.15) is 36.4 Å². The van der Waals surface area contributed by atoms with Crippen molar-refractivity contribution in [3.8, 4) is 23.3 Å². The van der Waals surface area contributed by atoms with Crippen LogP contribution in [-0.4, -0.2) is 4.98 Å². The second kappa shape index (κ2) is 5.42. The van der Waals surface area contributed by atoms with Gasteiger partial charge < -0.3 is 4.98 Å². The van der Waals surface area contributed by atoms with Gasteiger partial charge in [0, 0.05) is 17.0 Å². The molecule has 0 saturated heterocycles. The fourth-order valence-electron chi connectivity index (χ4n) is 2.29. The third-order valence-electron chi connectivity index (χ3n) is 3.28. The molecule has 19 heavy (non-hydrogen) atoms. The largest absolute Gasteiger partial charge is 0.361 e. The van der Waals surface area contributed by atoms with Crippen LogP contribution in [-0.2, 0) is 12.8 Å². The summed E-state index contributed by atoms with van der Waals surface area (Å²) < 4.78 is 0. The molecule has 0 aliphatic carbocycles. The first kappa shape index (κ1) is 12.9. The summed E-state index contributed by atoms with van der Waals surface area (Å²) >= 11 is 0. The predicted molar refractivity (Wildman–Crippen MR) is 74.4 cm³/mol. The lowest BCUT2D eigenvalue weighted by atomic mass is 9.98. The van der Waals surface area contributed by atoms with Gasteiger partial charge in [-0.05, 0) is 30.5 Å². The van der Waals surface area contributed by atoms with Crippen molar-refractivity contribution in [1.82, 2.24) is 4.98 Å². The first-order valence-corrected chi connectivity index (χ1v) is 6.39. The van der Waals surface area contributed by atoms with Crippen LogP contribution >= 0.6 is 0 Å². The van der Waals surface area contributed by atoms with Gasteiger partial charge in [0.05, 0.1) is 17.2 Å². The molecule has 0 saturated carbocycles. The Hall–Kier alpha value is -2.52. The predicted octanol–water partition coefficient (Wildman–Crippen LogP) is 3.55. The highest BCUT2D eigenvalue weighted by Crippen LogP contribution is 2.30. The second-order valence-corrected chi connectivity index (χ2v) is 4.34. The van der Waals surface area contributed by atoms with E-state index in [1.165, 1.54) is 0 Å². The third-order valence-corrected chi connectivity index (χ3v) is 3.28. The summed E-state index contributed by atoms with van der Waals surface area (Å²) in [5.41, 5.74) is 5.39. The van der Waals surface area contributed by atoms with E-state index in [0.717, 1.165) is 40.9 Å². The van der Waals surface area contributed by atoms with Gasteiger partial charge in [-0.1, -0.05) is 26.0 Å². The molecule has 3 nitrogen and oxygen atoms in total. The van der Waals surface area contributed by atoms with Crippen molar-refractivity contribution in [3.63, 3.8) is 0 Å². The Morgan fingerprint density at radius 3 is 2.05 bits per heavy atom. The molecule has 0 aliphatic rings. The molecule has 1 heterocycles. The van der Waals surface area contributed by atoms with Gasteiger partial charge in [0.25, 0.3) is 0 Å². The summed E-state index contributed by atoms with van der Waals surface area (Å²) in [7, 11) is 0. The van der Waals surface area contributed by atoms with Crippen LogP contribution in [0.3, 0.4) is 0 Å². The van der Waals surface area contributed by atoms with Gasteiger partial charge in [-0.25, -0.2) is 0 Å². The number of nitriles is 2. The van der Waals surface area contributed by atoms with Crippen LogP contribution in [0.25, 0.3) is 11.1 Å². The molecule has 2 aromatic rings. The summed E-state index contributed by atoms with van der Waals surface area (Å²) in [6.45, 7) is 4.11. The van der Waals surface area contributed by atoms with Crippen LogP contribution in [0, 0.1) is 22.7 Å². The van der Waals surface area contributed by atoms with Crippen molar-refractivity contribution in [3.05, 3.63) is 46.8 Å². The normalized spacial score (nSPS) is 9.89. The maximum atomic E-state index is 9.38. The summed E-state index contributed by atoms with van der Waals surface area (Å²) in [4.78, 5) is 3.34. The van der Waals surface area contributed by atoms with Gasteiger partial charge >= 0.3 is 0 Å². The molecular formula is C16H15N3. The molecule has 0 unspecified atom stereocenters. The van der Waals surface area contributed by atoms with Crippen molar-refractivity contribution < 1.29 is 0 Å².